The van der Waals surface area contributed by atoms with Gasteiger partial charge in [0.05, 0.1) is 11.5 Å². The van der Waals surface area contributed by atoms with Crippen LogP contribution in [-0.4, -0.2) is 37.2 Å². The quantitative estimate of drug-likeness (QED) is 0.428. The largest absolute Gasteiger partial charge is 0.383 e. The Labute approximate surface area is 93.0 Å². The van der Waals surface area contributed by atoms with Crippen LogP contribution in [0, 0.1) is 10.1 Å². The zero-order valence-corrected chi connectivity index (χ0v) is 9.19. The van der Waals surface area contributed by atoms with Gasteiger partial charge in [-0.3, -0.25) is 10.1 Å². The van der Waals surface area contributed by atoms with Crippen molar-refractivity contribution in [1.82, 2.24) is 4.98 Å². The minimum absolute atomic E-state index is 0.0462. The number of pyridine rings is 1. The summed E-state index contributed by atoms with van der Waals surface area (Å²) in [6.45, 7) is 0.931. The Balaban J connectivity index is 2.87. The second kappa shape index (κ2) is 5.86. The van der Waals surface area contributed by atoms with Crippen LogP contribution in [0.4, 0.5) is 17.3 Å². The topological polar surface area (TPSA) is 89.3 Å². The summed E-state index contributed by atoms with van der Waals surface area (Å²) in [6.07, 6.45) is 0. The number of hydrogen-bond donors (Lipinski definition) is 2. The zero-order valence-electron chi connectivity index (χ0n) is 9.19. The van der Waals surface area contributed by atoms with E-state index in [0.29, 0.717) is 19.0 Å². The lowest BCUT2D eigenvalue weighted by Gasteiger charge is -2.07. The van der Waals surface area contributed by atoms with Crippen LogP contribution in [0.2, 0.25) is 0 Å². The van der Waals surface area contributed by atoms with Crippen LogP contribution in [-0.2, 0) is 4.74 Å². The predicted octanol–water partition coefficient (Wildman–Crippen LogP) is 1.09. The first-order chi connectivity index (χ1) is 7.69. The van der Waals surface area contributed by atoms with Crippen molar-refractivity contribution in [1.29, 1.82) is 0 Å². The Morgan fingerprint density at radius 3 is 2.88 bits per heavy atom. The fourth-order valence-corrected chi connectivity index (χ4v) is 1.14. The molecule has 0 atom stereocenters. The maximum Gasteiger partial charge on any atom is 0.311 e. The lowest BCUT2D eigenvalue weighted by atomic mass is 10.3. The van der Waals surface area contributed by atoms with Crippen molar-refractivity contribution in [2.24, 2.45) is 0 Å². The van der Waals surface area contributed by atoms with E-state index in [-0.39, 0.29) is 11.5 Å². The van der Waals surface area contributed by atoms with Gasteiger partial charge in [0.15, 0.2) is 0 Å². The number of hydrogen-bond acceptors (Lipinski definition) is 6. The summed E-state index contributed by atoms with van der Waals surface area (Å²) in [5, 5.41) is 16.4. The van der Waals surface area contributed by atoms with E-state index in [0.717, 1.165) is 0 Å². The molecule has 1 heterocycles. The number of ether oxygens (including phenoxy) is 1. The summed E-state index contributed by atoms with van der Waals surface area (Å²) < 4.78 is 4.84. The van der Waals surface area contributed by atoms with Crippen molar-refractivity contribution in [3.05, 3.63) is 22.2 Å². The molecule has 7 nitrogen and oxygen atoms in total. The highest BCUT2D eigenvalue weighted by Gasteiger charge is 2.14. The molecule has 0 aliphatic heterocycles. The molecule has 16 heavy (non-hydrogen) atoms. The van der Waals surface area contributed by atoms with Gasteiger partial charge in [0.25, 0.3) is 0 Å². The SMILES string of the molecule is CNc1ccc([N+](=O)[O-])c(NCCOC)n1. The van der Waals surface area contributed by atoms with Gasteiger partial charge in [0.2, 0.25) is 5.82 Å². The number of nitrogens with one attached hydrogen (secondary N) is 2. The summed E-state index contributed by atoms with van der Waals surface area (Å²) in [5.74, 6) is 0.819. The van der Waals surface area contributed by atoms with Gasteiger partial charge in [-0.1, -0.05) is 0 Å². The van der Waals surface area contributed by atoms with E-state index in [1.165, 1.54) is 6.07 Å². The third kappa shape index (κ3) is 3.06. The molecule has 0 aromatic carbocycles. The van der Waals surface area contributed by atoms with Gasteiger partial charge < -0.3 is 15.4 Å². The Kier molecular flexibility index (Phi) is 4.46. The number of methoxy groups -OCH3 is 1. The van der Waals surface area contributed by atoms with E-state index in [9.17, 15) is 10.1 Å². The highest BCUT2D eigenvalue weighted by molar-refractivity contribution is 5.60. The molecule has 0 aliphatic rings. The molecule has 1 aromatic rings. The van der Waals surface area contributed by atoms with Gasteiger partial charge >= 0.3 is 5.69 Å². The van der Waals surface area contributed by atoms with Crippen LogP contribution in [0.5, 0.6) is 0 Å². The van der Waals surface area contributed by atoms with E-state index in [1.54, 1.807) is 20.2 Å². The van der Waals surface area contributed by atoms with Crippen LogP contribution in [0.1, 0.15) is 0 Å². The fourth-order valence-electron chi connectivity index (χ4n) is 1.14. The minimum atomic E-state index is -0.471. The van der Waals surface area contributed by atoms with Crippen molar-refractivity contribution in [2.45, 2.75) is 0 Å². The molecule has 0 radical (unpaired) electrons. The molecule has 0 saturated carbocycles. The van der Waals surface area contributed by atoms with Gasteiger partial charge in [-0.2, -0.15) is 0 Å². The number of nitro groups is 1. The summed E-state index contributed by atoms with van der Waals surface area (Å²) in [4.78, 5) is 14.3. The molecule has 2 N–H and O–H groups in total. The first kappa shape index (κ1) is 12.2. The lowest BCUT2D eigenvalue weighted by molar-refractivity contribution is -0.384. The van der Waals surface area contributed by atoms with Crippen molar-refractivity contribution < 1.29 is 9.66 Å². The normalized spacial score (nSPS) is 9.88. The van der Waals surface area contributed by atoms with Crippen LogP contribution < -0.4 is 10.6 Å². The summed E-state index contributed by atoms with van der Waals surface area (Å²) in [5.41, 5.74) is -0.0462. The monoisotopic (exact) mass is 226 g/mol. The van der Waals surface area contributed by atoms with Crippen LogP contribution in [0.3, 0.4) is 0 Å². The molecule has 7 heteroatoms. The number of anilines is 2. The predicted molar refractivity (Wildman–Crippen MR) is 60.8 cm³/mol. The first-order valence-corrected chi connectivity index (χ1v) is 4.75. The van der Waals surface area contributed by atoms with Gasteiger partial charge in [-0.05, 0) is 6.07 Å². The molecule has 0 saturated heterocycles. The number of aromatic nitrogens is 1. The van der Waals surface area contributed by atoms with Gasteiger partial charge in [-0.25, -0.2) is 4.98 Å². The molecule has 0 unspecified atom stereocenters. The first-order valence-electron chi connectivity index (χ1n) is 4.75. The lowest BCUT2D eigenvalue weighted by Crippen LogP contribution is -2.11. The van der Waals surface area contributed by atoms with Crippen LogP contribution in [0.15, 0.2) is 12.1 Å². The Bertz CT molecular complexity index is 370. The molecule has 0 bridgehead atoms. The Morgan fingerprint density at radius 2 is 2.31 bits per heavy atom. The summed E-state index contributed by atoms with van der Waals surface area (Å²) in [6, 6.07) is 2.97. The van der Waals surface area contributed by atoms with Crippen molar-refractivity contribution in [3.8, 4) is 0 Å². The zero-order chi connectivity index (χ0) is 12.0. The summed E-state index contributed by atoms with van der Waals surface area (Å²) in [7, 11) is 3.26. The Hall–Kier alpha value is -1.89. The molecular formula is C9H14N4O3. The van der Waals surface area contributed by atoms with Crippen LogP contribution >= 0.6 is 0 Å². The van der Waals surface area contributed by atoms with E-state index >= 15 is 0 Å². The minimum Gasteiger partial charge on any atom is -0.383 e. The van der Waals surface area contributed by atoms with E-state index in [4.69, 9.17) is 4.74 Å². The summed E-state index contributed by atoms with van der Waals surface area (Å²) >= 11 is 0. The van der Waals surface area contributed by atoms with Crippen molar-refractivity contribution in [3.63, 3.8) is 0 Å². The van der Waals surface area contributed by atoms with Crippen molar-refractivity contribution >= 4 is 17.3 Å². The van der Waals surface area contributed by atoms with E-state index in [1.807, 2.05) is 0 Å². The van der Waals surface area contributed by atoms with Gasteiger partial charge in [-0.15, -0.1) is 0 Å². The third-order valence-corrected chi connectivity index (χ3v) is 1.93. The standard InChI is InChI=1S/C9H14N4O3/c1-10-8-4-3-7(13(14)15)9(12-8)11-5-6-16-2/h3-4H,5-6H2,1-2H3,(H2,10,11,12). The molecular weight excluding hydrogens is 212 g/mol. The highest BCUT2D eigenvalue weighted by Crippen LogP contribution is 2.23. The maximum atomic E-state index is 10.7. The van der Waals surface area contributed by atoms with E-state index in [2.05, 4.69) is 15.6 Å². The average Bonchev–Trinajstić information content (AvgIpc) is 2.29. The van der Waals surface area contributed by atoms with Crippen molar-refractivity contribution in [2.75, 3.05) is 37.9 Å². The van der Waals surface area contributed by atoms with E-state index < -0.39 is 4.92 Å². The molecule has 0 spiro atoms. The van der Waals surface area contributed by atoms with Gasteiger partial charge in [0.1, 0.15) is 5.82 Å². The number of nitrogens with zero attached hydrogens (tertiary/aromatic N) is 2. The molecule has 0 aliphatic carbocycles. The number of rotatable bonds is 6. The molecule has 0 amide bonds. The molecule has 88 valence electrons. The maximum absolute atomic E-state index is 10.7. The highest BCUT2D eigenvalue weighted by atomic mass is 16.6. The van der Waals surface area contributed by atoms with Gasteiger partial charge in [0, 0.05) is 26.8 Å². The second-order valence-electron chi connectivity index (χ2n) is 2.99. The second-order valence-corrected chi connectivity index (χ2v) is 2.99. The molecule has 1 aromatic heterocycles. The fraction of sp³-hybridized carbons (Fsp3) is 0.444. The van der Waals surface area contributed by atoms with Crippen LogP contribution in [0.25, 0.3) is 0 Å². The average molecular weight is 226 g/mol. The molecule has 1 rings (SSSR count). The third-order valence-electron chi connectivity index (χ3n) is 1.93. The Morgan fingerprint density at radius 1 is 1.56 bits per heavy atom. The molecule has 0 fully saturated rings. The smallest absolute Gasteiger partial charge is 0.311 e.